The molecule has 3 heterocycles. The average molecular weight is 604 g/mol. The number of hydrogen-bond donors (Lipinski definition) is 0. The lowest BCUT2D eigenvalue weighted by Crippen LogP contribution is -2.61. The Morgan fingerprint density at radius 1 is 1.12 bits per heavy atom. The van der Waals surface area contributed by atoms with Crippen LogP contribution in [0.25, 0.3) is 11.1 Å². The molecule has 43 heavy (non-hydrogen) atoms. The zero-order chi connectivity index (χ0) is 30.4. The number of nitrogens with zero attached hydrogens (tertiary/aromatic N) is 3. The number of rotatable bonds is 8. The van der Waals surface area contributed by atoms with Gasteiger partial charge in [0.15, 0.2) is 12.2 Å². The second kappa shape index (κ2) is 11.3. The van der Waals surface area contributed by atoms with Gasteiger partial charge in [0.2, 0.25) is 0 Å². The molecule has 0 amide bonds. The van der Waals surface area contributed by atoms with Gasteiger partial charge in [-0.15, -0.1) is 0 Å². The van der Waals surface area contributed by atoms with E-state index in [0.717, 1.165) is 35.4 Å². The zero-order valence-electron chi connectivity index (χ0n) is 24.5. The summed E-state index contributed by atoms with van der Waals surface area (Å²) in [6.07, 6.45) is -0.451. The summed E-state index contributed by atoms with van der Waals surface area (Å²) in [5.41, 5.74) is 2.33. The van der Waals surface area contributed by atoms with Crippen molar-refractivity contribution in [3.05, 3.63) is 53.3 Å². The second-order valence-electron chi connectivity index (χ2n) is 12.6. The maximum Gasteiger partial charge on any atom is 0.422 e. The third-order valence-corrected chi connectivity index (χ3v) is 9.04. The van der Waals surface area contributed by atoms with E-state index < -0.39 is 23.8 Å². The molecule has 1 aliphatic carbocycles. The van der Waals surface area contributed by atoms with Crippen LogP contribution in [0.3, 0.4) is 0 Å². The van der Waals surface area contributed by atoms with Gasteiger partial charge < -0.3 is 19.2 Å². The molecule has 4 aliphatic rings. The minimum absolute atomic E-state index is 0.153. The molecule has 0 aromatic heterocycles. The number of ether oxygens (including phenoxy) is 2. The van der Waals surface area contributed by atoms with Gasteiger partial charge in [0.25, 0.3) is 0 Å². The normalized spacial score (nSPS) is 21.3. The third-order valence-electron chi connectivity index (χ3n) is 9.04. The highest BCUT2D eigenvalue weighted by molar-refractivity contribution is 5.85. The van der Waals surface area contributed by atoms with Crippen molar-refractivity contribution < 1.29 is 36.7 Å². The Balaban J connectivity index is 1.13. The van der Waals surface area contributed by atoms with E-state index in [4.69, 9.17) is 14.3 Å². The van der Waals surface area contributed by atoms with E-state index in [1.807, 2.05) is 19.9 Å². The number of benzene rings is 2. The highest BCUT2D eigenvalue weighted by Crippen LogP contribution is 2.47. The number of carbonyl (C=O) groups is 1. The summed E-state index contributed by atoms with van der Waals surface area (Å²) in [5, 5.41) is 4.40. The number of esters is 1. The van der Waals surface area contributed by atoms with Gasteiger partial charge in [-0.1, -0.05) is 17.3 Å². The molecule has 1 saturated carbocycles. The Morgan fingerprint density at radius 3 is 2.44 bits per heavy atom. The predicted octanol–water partition coefficient (Wildman–Crippen LogP) is 6.26. The van der Waals surface area contributed by atoms with Gasteiger partial charge >= 0.3 is 12.1 Å². The molecule has 7 nitrogen and oxygen atoms in total. The highest BCUT2D eigenvalue weighted by Gasteiger charge is 2.51. The standard InChI is InChI=1S/C32H37F4N3O4/c1-3-41-29(40)30(2)10-12-39(13-11-30)28-16-31(43-37-28)18-38(19-31)17-23-14-25(21-4-5-21)26(22-6-8-24(33)9-7-22)15-27(23)42-20-32(34,35)36/h6-9,14-15,21H,3-5,10-13,16-20H2,1-2H3. The molecule has 0 unspecified atom stereocenters. The van der Waals surface area contributed by atoms with Crippen molar-refractivity contribution in [3.8, 4) is 16.9 Å². The van der Waals surface area contributed by atoms with E-state index in [1.54, 1.807) is 18.2 Å². The zero-order valence-corrected chi connectivity index (χ0v) is 24.5. The van der Waals surface area contributed by atoms with Gasteiger partial charge in [0.1, 0.15) is 17.4 Å². The molecule has 3 aliphatic heterocycles. The van der Waals surface area contributed by atoms with Gasteiger partial charge in [0, 0.05) is 38.3 Å². The molecule has 1 spiro atoms. The fourth-order valence-corrected chi connectivity index (χ4v) is 6.40. The second-order valence-corrected chi connectivity index (χ2v) is 12.6. The third kappa shape index (κ3) is 6.46. The molecular formula is C32H37F4N3O4. The lowest BCUT2D eigenvalue weighted by atomic mass is 9.80. The highest BCUT2D eigenvalue weighted by atomic mass is 19.4. The summed E-state index contributed by atoms with van der Waals surface area (Å²) >= 11 is 0. The summed E-state index contributed by atoms with van der Waals surface area (Å²) in [4.78, 5) is 22.6. The first-order chi connectivity index (χ1) is 20.5. The fourth-order valence-electron chi connectivity index (χ4n) is 6.40. The molecule has 11 heteroatoms. The van der Waals surface area contributed by atoms with Crippen LogP contribution < -0.4 is 4.74 Å². The fraction of sp³-hybridized carbons (Fsp3) is 0.562. The summed E-state index contributed by atoms with van der Waals surface area (Å²) in [6, 6.07) is 9.67. The summed E-state index contributed by atoms with van der Waals surface area (Å²) in [6.45, 7) is 5.73. The Kier molecular flexibility index (Phi) is 7.81. The average Bonchev–Trinajstić information content (AvgIpc) is 3.70. The molecule has 0 bridgehead atoms. The first kappa shape index (κ1) is 29.7. The number of carbonyl (C=O) groups excluding carboxylic acids is 1. The van der Waals surface area contributed by atoms with E-state index in [0.29, 0.717) is 70.1 Å². The van der Waals surface area contributed by atoms with Gasteiger partial charge in [-0.3, -0.25) is 9.69 Å². The van der Waals surface area contributed by atoms with Crippen LogP contribution in [0.4, 0.5) is 17.6 Å². The van der Waals surface area contributed by atoms with Crippen LogP contribution in [0.5, 0.6) is 5.75 Å². The van der Waals surface area contributed by atoms with E-state index in [-0.39, 0.29) is 17.5 Å². The molecule has 2 aromatic rings. The van der Waals surface area contributed by atoms with E-state index in [1.165, 1.54) is 12.1 Å². The summed E-state index contributed by atoms with van der Waals surface area (Å²) in [5.74, 6) is 0.857. The molecular weight excluding hydrogens is 566 g/mol. The maximum absolute atomic E-state index is 13.6. The van der Waals surface area contributed by atoms with Crippen molar-refractivity contribution in [1.29, 1.82) is 0 Å². The van der Waals surface area contributed by atoms with Crippen molar-refractivity contribution in [2.75, 3.05) is 39.4 Å². The van der Waals surface area contributed by atoms with Gasteiger partial charge in [-0.2, -0.15) is 13.2 Å². The lowest BCUT2D eigenvalue weighted by Gasteiger charge is -2.46. The van der Waals surface area contributed by atoms with Crippen LogP contribution >= 0.6 is 0 Å². The molecule has 232 valence electrons. The van der Waals surface area contributed by atoms with Gasteiger partial charge in [-0.05, 0) is 86.4 Å². The van der Waals surface area contributed by atoms with E-state index in [9.17, 15) is 22.4 Å². The predicted molar refractivity (Wildman–Crippen MR) is 152 cm³/mol. The van der Waals surface area contributed by atoms with Crippen molar-refractivity contribution in [1.82, 2.24) is 9.80 Å². The number of hydrogen-bond acceptors (Lipinski definition) is 7. The largest absolute Gasteiger partial charge is 0.484 e. The topological polar surface area (TPSA) is 63.6 Å². The number of piperidine rings is 1. The van der Waals surface area contributed by atoms with Crippen LogP contribution in [0.15, 0.2) is 41.6 Å². The molecule has 6 rings (SSSR count). The minimum atomic E-state index is -4.48. The lowest BCUT2D eigenvalue weighted by molar-refractivity contribution is -0.156. The minimum Gasteiger partial charge on any atom is -0.484 e. The number of alkyl halides is 3. The van der Waals surface area contributed by atoms with Crippen LogP contribution in [0, 0.1) is 11.2 Å². The van der Waals surface area contributed by atoms with E-state index in [2.05, 4.69) is 15.0 Å². The quantitative estimate of drug-likeness (QED) is 0.262. The monoisotopic (exact) mass is 603 g/mol. The van der Waals surface area contributed by atoms with Crippen LogP contribution in [-0.2, 0) is 20.9 Å². The van der Waals surface area contributed by atoms with Gasteiger partial charge in [0.05, 0.1) is 18.4 Å². The van der Waals surface area contributed by atoms with Crippen LogP contribution in [0.1, 0.15) is 63.0 Å². The summed E-state index contributed by atoms with van der Waals surface area (Å²) < 4.78 is 63.7. The first-order valence-corrected chi connectivity index (χ1v) is 15.0. The van der Waals surface area contributed by atoms with Crippen molar-refractivity contribution >= 4 is 11.8 Å². The van der Waals surface area contributed by atoms with Crippen LogP contribution in [0.2, 0.25) is 0 Å². The van der Waals surface area contributed by atoms with E-state index >= 15 is 0 Å². The maximum atomic E-state index is 13.6. The first-order valence-electron chi connectivity index (χ1n) is 15.0. The van der Waals surface area contributed by atoms with Crippen molar-refractivity contribution in [3.63, 3.8) is 0 Å². The Bertz CT molecular complexity index is 1380. The Morgan fingerprint density at radius 2 is 1.81 bits per heavy atom. The molecule has 0 radical (unpaired) electrons. The summed E-state index contributed by atoms with van der Waals surface area (Å²) in [7, 11) is 0. The Labute approximate surface area is 248 Å². The molecule has 0 atom stereocenters. The smallest absolute Gasteiger partial charge is 0.422 e. The molecule has 2 saturated heterocycles. The number of halogens is 4. The molecule has 3 fully saturated rings. The number of amidine groups is 1. The molecule has 0 N–H and O–H groups in total. The SMILES string of the molecule is CCOC(=O)C1(C)CCN(C2=NOC3(C2)CN(Cc2cc(C4CC4)c(-c4ccc(F)cc4)cc2OCC(F)(F)F)C3)CC1. The van der Waals surface area contributed by atoms with Crippen molar-refractivity contribution in [2.24, 2.45) is 10.6 Å². The Hall–Kier alpha value is -3.34. The number of likely N-dealkylation sites (tertiary alicyclic amines) is 2. The van der Waals surface area contributed by atoms with Crippen LogP contribution in [-0.4, -0.2) is 72.8 Å². The van der Waals surface area contributed by atoms with Crippen molar-refractivity contribution in [2.45, 2.75) is 70.2 Å². The number of oxime groups is 1. The molecule has 2 aromatic carbocycles. The van der Waals surface area contributed by atoms with Gasteiger partial charge in [-0.25, -0.2) is 4.39 Å².